The van der Waals surface area contributed by atoms with Gasteiger partial charge in [0.1, 0.15) is 5.60 Å². The maximum absolute atomic E-state index is 11.9. The molecule has 126 valence electrons. The normalized spacial score (nSPS) is 41.9. The largest absolute Gasteiger partial charge is 0.387 e. The summed E-state index contributed by atoms with van der Waals surface area (Å²) in [5.74, 6) is 0.867. The van der Waals surface area contributed by atoms with Crippen LogP contribution < -0.4 is 0 Å². The van der Waals surface area contributed by atoms with Crippen LogP contribution in [0.4, 0.5) is 0 Å². The highest BCUT2D eigenvalue weighted by atomic mass is 16.4. The van der Waals surface area contributed by atoms with E-state index in [1.54, 1.807) is 0 Å². The van der Waals surface area contributed by atoms with E-state index in [1.165, 1.54) is 0 Å². The van der Waals surface area contributed by atoms with E-state index < -0.39 is 16.6 Å². The number of hydrogen-bond acceptors (Lipinski definition) is 2. The third-order valence-corrected chi connectivity index (χ3v) is 6.56. The molecule has 2 N–H and O–H groups in total. The van der Waals surface area contributed by atoms with Gasteiger partial charge in [0.05, 0.1) is 5.60 Å². The van der Waals surface area contributed by atoms with Gasteiger partial charge >= 0.3 is 0 Å². The number of hydrogen-bond donors (Lipinski definition) is 2. The fraction of sp³-hybridized carbons (Fsp3) is 0.800. The van der Waals surface area contributed by atoms with E-state index in [4.69, 9.17) is 0 Å². The second kappa shape index (κ2) is 5.79. The highest BCUT2D eigenvalue weighted by Gasteiger charge is 2.64. The Balaban J connectivity index is 2.57. The summed E-state index contributed by atoms with van der Waals surface area (Å²) < 4.78 is 0. The van der Waals surface area contributed by atoms with Gasteiger partial charge in [-0.25, -0.2) is 0 Å². The first-order chi connectivity index (χ1) is 10.1. The Morgan fingerprint density at radius 1 is 0.909 bits per heavy atom. The molecule has 2 aliphatic rings. The molecule has 0 saturated heterocycles. The van der Waals surface area contributed by atoms with Crippen molar-refractivity contribution in [2.75, 3.05) is 0 Å². The van der Waals surface area contributed by atoms with Crippen molar-refractivity contribution in [3.8, 4) is 0 Å². The first-order valence-corrected chi connectivity index (χ1v) is 8.86. The van der Waals surface area contributed by atoms with Gasteiger partial charge in [-0.1, -0.05) is 51.0 Å². The molecule has 0 aromatic heterocycles. The molecular weight excluding hydrogens is 272 g/mol. The molecule has 0 aromatic carbocycles. The van der Waals surface area contributed by atoms with Crippen molar-refractivity contribution in [3.05, 3.63) is 24.3 Å². The molecule has 22 heavy (non-hydrogen) atoms. The Kier molecular flexibility index (Phi) is 4.68. The van der Waals surface area contributed by atoms with Crippen molar-refractivity contribution < 1.29 is 10.2 Å². The molecule has 0 radical (unpaired) electrons. The van der Waals surface area contributed by atoms with Gasteiger partial charge in [0.2, 0.25) is 0 Å². The summed E-state index contributed by atoms with van der Waals surface area (Å²) in [6.07, 6.45) is 6.01. The van der Waals surface area contributed by atoms with Gasteiger partial charge in [-0.05, 0) is 57.8 Å². The van der Waals surface area contributed by atoms with Crippen LogP contribution in [0.15, 0.2) is 24.3 Å². The summed E-state index contributed by atoms with van der Waals surface area (Å²) >= 11 is 0. The summed E-state index contributed by atoms with van der Waals surface area (Å²) in [6, 6.07) is 0. The molecule has 2 rings (SSSR count). The van der Waals surface area contributed by atoms with E-state index in [0.717, 1.165) is 36.8 Å². The molecule has 0 bridgehead atoms. The lowest BCUT2D eigenvalue weighted by atomic mass is 9.48. The summed E-state index contributed by atoms with van der Waals surface area (Å²) in [5, 5.41) is 23.5. The number of aliphatic hydroxyl groups is 2. The van der Waals surface area contributed by atoms with Crippen molar-refractivity contribution in [1.29, 1.82) is 0 Å². The highest BCUT2D eigenvalue weighted by Crippen LogP contribution is 2.61. The third kappa shape index (κ3) is 2.39. The van der Waals surface area contributed by atoms with Gasteiger partial charge in [0.25, 0.3) is 0 Å². The fourth-order valence-electron chi connectivity index (χ4n) is 5.43. The maximum Gasteiger partial charge on any atom is 0.106 e. The first kappa shape index (κ1) is 17.7. The van der Waals surface area contributed by atoms with Crippen LogP contribution in [0.5, 0.6) is 0 Å². The van der Waals surface area contributed by atoms with E-state index in [9.17, 15) is 10.2 Å². The molecule has 0 heterocycles. The van der Waals surface area contributed by atoms with Crippen LogP contribution in [0.1, 0.15) is 72.6 Å². The van der Waals surface area contributed by atoms with Gasteiger partial charge in [-0.15, -0.1) is 0 Å². The minimum atomic E-state index is -1.15. The van der Waals surface area contributed by atoms with Crippen molar-refractivity contribution in [3.63, 3.8) is 0 Å². The van der Waals surface area contributed by atoms with Gasteiger partial charge < -0.3 is 10.2 Å². The third-order valence-electron chi connectivity index (χ3n) is 6.56. The smallest absolute Gasteiger partial charge is 0.106 e. The predicted octanol–water partition coefficient (Wildman–Crippen LogP) is 4.62. The lowest BCUT2D eigenvalue weighted by molar-refractivity contribution is -0.235. The van der Waals surface area contributed by atoms with Crippen LogP contribution in [0, 0.1) is 17.3 Å². The van der Waals surface area contributed by atoms with Crippen LogP contribution >= 0.6 is 0 Å². The predicted molar refractivity (Wildman–Crippen MR) is 92.6 cm³/mol. The van der Waals surface area contributed by atoms with Crippen LogP contribution in [0.2, 0.25) is 0 Å². The van der Waals surface area contributed by atoms with E-state index in [1.807, 2.05) is 13.8 Å². The molecule has 4 atom stereocenters. The van der Waals surface area contributed by atoms with Crippen LogP contribution in [0.25, 0.3) is 0 Å². The van der Waals surface area contributed by atoms with E-state index in [2.05, 4.69) is 27.0 Å². The summed E-state index contributed by atoms with van der Waals surface area (Å²) in [5.41, 5.74) is -0.853. The Hall–Kier alpha value is -0.600. The summed E-state index contributed by atoms with van der Waals surface area (Å²) in [6.45, 7) is 16.8. The quantitative estimate of drug-likeness (QED) is 0.747. The summed E-state index contributed by atoms with van der Waals surface area (Å²) in [4.78, 5) is 0. The average Bonchev–Trinajstić information content (AvgIpc) is 2.37. The van der Waals surface area contributed by atoms with E-state index in [-0.39, 0.29) is 0 Å². The molecule has 2 nitrogen and oxygen atoms in total. The first-order valence-electron chi connectivity index (χ1n) is 8.86. The molecule has 2 aliphatic carbocycles. The molecule has 0 aliphatic heterocycles. The molecule has 0 amide bonds. The van der Waals surface area contributed by atoms with Crippen LogP contribution in [-0.2, 0) is 0 Å². The molecular formula is C20H34O2. The van der Waals surface area contributed by atoms with E-state index >= 15 is 0 Å². The number of rotatable bonds is 3. The van der Waals surface area contributed by atoms with Gasteiger partial charge in [-0.2, -0.15) is 0 Å². The van der Waals surface area contributed by atoms with Crippen molar-refractivity contribution in [2.45, 2.75) is 83.8 Å². The molecule has 2 unspecified atom stereocenters. The zero-order chi connectivity index (χ0) is 16.8. The second-order valence-corrected chi connectivity index (χ2v) is 8.41. The zero-order valence-corrected chi connectivity index (χ0v) is 14.9. The Bertz CT molecular complexity index is 452. The molecule has 0 aromatic rings. The SMILES string of the molecule is C=C(C)C1(C(=C)C)CC[C@@H](C)C[C@@]1(O)C1(O)CCCC(C)C1. The van der Waals surface area contributed by atoms with Gasteiger partial charge in [0, 0.05) is 5.41 Å². The van der Waals surface area contributed by atoms with Gasteiger partial charge in [0.15, 0.2) is 0 Å². The molecule has 0 spiro atoms. The van der Waals surface area contributed by atoms with Crippen molar-refractivity contribution in [1.82, 2.24) is 0 Å². The monoisotopic (exact) mass is 306 g/mol. The van der Waals surface area contributed by atoms with Crippen molar-refractivity contribution >= 4 is 0 Å². The highest BCUT2D eigenvalue weighted by molar-refractivity contribution is 5.34. The topological polar surface area (TPSA) is 40.5 Å². The molecule has 2 fully saturated rings. The zero-order valence-electron chi connectivity index (χ0n) is 14.9. The van der Waals surface area contributed by atoms with Crippen LogP contribution in [-0.4, -0.2) is 21.4 Å². The maximum atomic E-state index is 11.9. The molecule has 2 heteroatoms. The fourth-order valence-corrected chi connectivity index (χ4v) is 5.43. The average molecular weight is 306 g/mol. The minimum Gasteiger partial charge on any atom is -0.387 e. The lowest BCUT2D eigenvalue weighted by Gasteiger charge is -2.61. The van der Waals surface area contributed by atoms with E-state index in [0.29, 0.717) is 31.1 Å². The standard InChI is InChI=1S/C20H34O2/c1-14(2)19(15(3)4)11-9-17(6)13-20(19,22)18(21)10-7-8-16(5)12-18/h16-17,21-22H,1,3,7-13H2,2,4-6H3/t16?,17-,18?,20-/m1/s1. The Morgan fingerprint density at radius 3 is 1.95 bits per heavy atom. The lowest BCUT2D eigenvalue weighted by Crippen LogP contribution is -2.68. The summed E-state index contributed by atoms with van der Waals surface area (Å²) in [7, 11) is 0. The van der Waals surface area contributed by atoms with Gasteiger partial charge in [-0.3, -0.25) is 0 Å². The van der Waals surface area contributed by atoms with Crippen LogP contribution in [0.3, 0.4) is 0 Å². The Labute approximate surface area is 136 Å². The Morgan fingerprint density at radius 2 is 1.45 bits per heavy atom. The van der Waals surface area contributed by atoms with Crippen molar-refractivity contribution in [2.24, 2.45) is 17.3 Å². The minimum absolute atomic E-state index is 0.415. The molecule has 2 saturated carbocycles. The second-order valence-electron chi connectivity index (χ2n) is 8.41.